The molecular weight excluding hydrogens is 540 g/mol. The van der Waals surface area contributed by atoms with Gasteiger partial charge in [-0.1, -0.05) is 23.7 Å². The van der Waals surface area contributed by atoms with Crippen molar-refractivity contribution >= 4 is 23.7 Å². The maximum atomic E-state index is 12.0. The molecule has 0 bridgehead atoms. The van der Waals surface area contributed by atoms with Crippen molar-refractivity contribution in [3.05, 3.63) is 64.2 Å². The lowest BCUT2D eigenvalue weighted by atomic mass is 9.98. The molecule has 12 heteroatoms. The highest BCUT2D eigenvalue weighted by atomic mass is 35.5. The van der Waals surface area contributed by atoms with E-state index in [0.29, 0.717) is 64.4 Å². The first-order valence-electron chi connectivity index (χ1n) is 12.8. The van der Waals surface area contributed by atoms with Crippen LogP contribution < -0.4 is 14.8 Å². The molecule has 2 N–H and O–H groups in total. The van der Waals surface area contributed by atoms with Crippen LogP contribution in [0.4, 0.5) is 4.79 Å². The fourth-order valence-electron chi connectivity index (χ4n) is 4.61. The van der Waals surface area contributed by atoms with E-state index in [2.05, 4.69) is 15.5 Å². The van der Waals surface area contributed by atoms with E-state index in [4.69, 9.17) is 30.5 Å². The third kappa shape index (κ3) is 6.48. The Kier molecular flexibility index (Phi) is 8.85. The van der Waals surface area contributed by atoms with Crippen LogP contribution in [0, 0.1) is 0 Å². The zero-order valence-electron chi connectivity index (χ0n) is 23.1. The number of hydrogen-bond donors (Lipinski definition) is 2. The van der Waals surface area contributed by atoms with Crippen molar-refractivity contribution in [1.82, 2.24) is 20.1 Å². The molecule has 2 heterocycles. The first kappa shape index (κ1) is 29.2. The van der Waals surface area contributed by atoms with Crippen LogP contribution in [0.3, 0.4) is 0 Å². The second-order valence-electron chi connectivity index (χ2n) is 10.2. The monoisotopic (exact) mass is 572 g/mol. The van der Waals surface area contributed by atoms with Gasteiger partial charge in [0.05, 0.1) is 26.3 Å². The van der Waals surface area contributed by atoms with E-state index in [1.54, 1.807) is 46.1 Å². The Morgan fingerprint density at radius 2 is 1.90 bits per heavy atom. The Bertz CT molecular complexity index is 1390. The van der Waals surface area contributed by atoms with Crippen molar-refractivity contribution in [3.63, 3.8) is 0 Å². The van der Waals surface area contributed by atoms with Crippen molar-refractivity contribution in [3.8, 4) is 17.2 Å². The Hall–Kier alpha value is -3.83. The Balaban J connectivity index is 1.74. The molecule has 1 amide bonds. The second-order valence-corrected chi connectivity index (χ2v) is 10.7. The number of nitrogens with zero attached hydrogens (tertiary/aromatic N) is 3. The topological polar surface area (TPSA) is 134 Å². The summed E-state index contributed by atoms with van der Waals surface area (Å²) in [6.45, 7) is 5.74. The first-order valence-corrected chi connectivity index (χ1v) is 13.2. The highest BCUT2D eigenvalue weighted by Gasteiger charge is 2.36. The van der Waals surface area contributed by atoms with Crippen LogP contribution in [-0.2, 0) is 20.7 Å². The molecule has 0 fully saturated rings. The Labute approximate surface area is 237 Å². The number of amides is 1. The van der Waals surface area contributed by atoms with Gasteiger partial charge in [0.25, 0.3) is 0 Å². The number of halogens is 1. The minimum absolute atomic E-state index is 0.344. The van der Waals surface area contributed by atoms with E-state index >= 15 is 0 Å². The molecule has 1 aliphatic rings. The maximum absolute atomic E-state index is 12.0. The van der Waals surface area contributed by atoms with Gasteiger partial charge in [-0.15, -0.1) is 10.2 Å². The standard InChI is InChI=1S/C28H33ClN4O7/c1-28(2,3)40-27(36)30-13-7-10-22-31-32-26-21(15-23(34)35)39-24(17-8-6-9-20(37-4)25(17)38-5)18-14-16(29)11-12-19(18)33(22)26/h6,8-9,11-12,14,21,24H,7,10,13,15H2,1-5H3,(H,30,36)(H,34,35). The van der Waals surface area contributed by atoms with Crippen molar-refractivity contribution < 1.29 is 33.6 Å². The molecule has 40 heavy (non-hydrogen) atoms. The number of nitrogens with one attached hydrogen (secondary N) is 1. The maximum Gasteiger partial charge on any atom is 0.407 e. The highest BCUT2D eigenvalue weighted by molar-refractivity contribution is 6.30. The molecule has 0 saturated carbocycles. The number of aromatic nitrogens is 3. The summed E-state index contributed by atoms with van der Waals surface area (Å²) in [6, 6.07) is 10.8. The van der Waals surface area contributed by atoms with Gasteiger partial charge in [-0.2, -0.15) is 0 Å². The van der Waals surface area contributed by atoms with Gasteiger partial charge in [0, 0.05) is 29.1 Å². The predicted molar refractivity (Wildman–Crippen MR) is 146 cm³/mol. The number of rotatable bonds is 9. The van der Waals surface area contributed by atoms with E-state index in [9.17, 15) is 14.7 Å². The minimum atomic E-state index is -1.05. The van der Waals surface area contributed by atoms with E-state index in [1.165, 1.54) is 7.11 Å². The zero-order valence-corrected chi connectivity index (χ0v) is 23.8. The number of carboxylic acids is 1. The van der Waals surface area contributed by atoms with E-state index < -0.39 is 29.9 Å². The number of fused-ring (bicyclic) bond motifs is 3. The largest absolute Gasteiger partial charge is 0.493 e. The third-order valence-corrected chi connectivity index (χ3v) is 6.41. The van der Waals surface area contributed by atoms with Gasteiger partial charge in [0.2, 0.25) is 0 Å². The summed E-state index contributed by atoms with van der Waals surface area (Å²) in [7, 11) is 3.07. The molecule has 3 aromatic rings. The summed E-state index contributed by atoms with van der Waals surface area (Å²) in [5.74, 6) is 0.847. The molecule has 1 aromatic heterocycles. The third-order valence-electron chi connectivity index (χ3n) is 6.18. The van der Waals surface area contributed by atoms with Crippen LogP contribution in [-0.4, -0.2) is 58.3 Å². The number of hydrogen-bond acceptors (Lipinski definition) is 8. The fourth-order valence-corrected chi connectivity index (χ4v) is 4.79. The minimum Gasteiger partial charge on any atom is -0.493 e. The van der Waals surface area contributed by atoms with Crippen molar-refractivity contribution in [2.75, 3.05) is 20.8 Å². The quantitative estimate of drug-likeness (QED) is 0.338. The van der Waals surface area contributed by atoms with Crippen molar-refractivity contribution in [1.29, 1.82) is 0 Å². The number of para-hydroxylation sites is 1. The lowest BCUT2D eigenvalue weighted by Gasteiger charge is -2.24. The first-order chi connectivity index (χ1) is 19.0. The van der Waals surface area contributed by atoms with Gasteiger partial charge in [0.15, 0.2) is 17.3 Å². The zero-order chi connectivity index (χ0) is 29.0. The summed E-state index contributed by atoms with van der Waals surface area (Å²) in [6.07, 6.45) is -1.56. The number of aliphatic carboxylic acids is 1. The summed E-state index contributed by atoms with van der Waals surface area (Å²) < 4.78 is 24.8. The number of benzene rings is 2. The highest BCUT2D eigenvalue weighted by Crippen LogP contribution is 2.46. The smallest absolute Gasteiger partial charge is 0.407 e. The van der Waals surface area contributed by atoms with Crippen LogP contribution >= 0.6 is 11.6 Å². The van der Waals surface area contributed by atoms with Gasteiger partial charge in [-0.3, -0.25) is 9.36 Å². The predicted octanol–water partition coefficient (Wildman–Crippen LogP) is 5.03. The van der Waals surface area contributed by atoms with Crippen LogP contribution in [0.5, 0.6) is 11.5 Å². The lowest BCUT2D eigenvalue weighted by molar-refractivity contribution is -0.141. The van der Waals surface area contributed by atoms with Gasteiger partial charge in [0.1, 0.15) is 23.6 Å². The normalized spacial score (nSPS) is 16.4. The molecule has 214 valence electrons. The van der Waals surface area contributed by atoms with Crippen molar-refractivity contribution in [2.24, 2.45) is 0 Å². The molecule has 4 rings (SSSR count). The van der Waals surface area contributed by atoms with E-state index in [0.717, 1.165) is 0 Å². The van der Waals surface area contributed by atoms with Crippen molar-refractivity contribution in [2.45, 2.75) is 57.8 Å². The number of alkyl carbamates (subject to hydrolysis) is 1. The number of aryl methyl sites for hydroxylation is 1. The molecule has 0 radical (unpaired) electrons. The molecule has 0 aliphatic carbocycles. The van der Waals surface area contributed by atoms with Gasteiger partial charge >= 0.3 is 12.1 Å². The molecule has 0 spiro atoms. The number of carboxylic acid groups (broad SMARTS) is 1. The van der Waals surface area contributed by atoms with E-state index in [-0.39, 0.29) is 6.42 Å². The number of ether oxygens (including phenoxy) is 4. The summed E-state index contributed by atoms with van der Waals surface area (Å²) >= 11 is 6.46. The number of carbonyl (C=O) groups is 2. The Morgan fingerprint density at radius 1 is 1.12 bits per heavy atom. The SMILES string of the molecule is COc1cccc(C2OC(CC(=O)O)c3nnc(CCCNC(=O)OC(C)(C)C)n3-c3ccc(Cl)cc32)c1OC. The fraction of sp³-hybridized carbons (Fsp3) is 0.429. The van der Waals surface area contributed by atoms with Crippen LogP contribution in [0.1, 0.15) is 68.6 Å². The summed E-state index contributed by atoms with van der Waals surface area (Å²) in [4.78, 5) is 23.9. The van der Waals surface area contributed by atoms with Gasteiger partial charge < -0.3 is 29.4 Å². The lowest BCUT2D eigenvalue weighted by Crippen LogP contribution is -2.33. The average molecular weight is 573 g/mol. The van der Waals surface area contributed by atoms with Crippen LogP contribution in [0.25, 0.3) is 5.69 Å². The molecule has 1 aliphatic heterocycles. The van der Waals surface area contributed by atoms with Gasteiger partial charge in [-0.25, -0.2) is 4.79 Å². The van der Waals surface area contributed by atoms with Crippen LogP contribution in [0.2, 0.25) is 5.02 Å². The number of methoxy groups -OCH3 is 2. The van der Waals surface area contributed by atoms with E-state index in [1.807, 2.05) is 22.8 Å². The second kappa shape index (κ2) is 12.1. The molecular formula is C28H33ClN4O7. The molecule has 11 nitrogen and oxygen atoms in total. The average Bonchev–Trinajstić information content (AvgIpc) is 3.25. The number of carbonyl (C=O) groups excluding carboxylic acids is 1. The molecule has 2 atom stereocenters. The summed E-state index contributed by atoms with van der Waals surface area (Å²) in [5, 5.41) is 21.7. The summed E-state index contributed by atoms with van der Waals surface area (Å²) in [5.41, 5.74) is 1.42. The Morgan fingerprint density at radius 3 is 2.58 bits per heavy atom. The van der Waals surface area contributed by atoms with Crippen LogP contribution in [0.15, 0.2) is 36.4 Å². The molecule has 2 unspecified atom stereocenters. The molecule has 2 aromatic carbocycles. The van der Waals surface area contributed by atoms with Gasteiger partial charge in [-0.05, 0) is 51.5 Å². The molecule has 0 saturated heterocycles.